The van der Waals surface area contributed by atoms with Gasteiger partial charge in [-0.25, -0.2) is 0 Å². The van der Waals surface area contributed by atoms with Gasteiger partial charge < -0.3 is 4.57 Å². The standard InChI is InChI=1S/C24H24NOS2/c1-4-25-22-12-10-17(24(26)16-28(2)3)14-20(22)21-15-19(11-13-23(21)25)27-18-8-6-5-7-9-18/h5-15H,4,16H2,1-3H3/q+1. The number of hydrogen-bond donors (Lipinski definition) is 0. The minimum Gasteiger partial charge on any atom is -0.341 e. The Morgan fingerprint density at radius 3 is 2.25 bits per heavy atom. The number of Topliss-reactive ketones (excluding diaryl/α,β-unsaturated/α-hetero) is 1. The Kier molecular flexibility index (Phi) is 5.51. The minimum atomic E-state index is 0.112. The van der Waals surface area contributed by atoms with Crippen LogP contribution in [0.25, 0.3) is 21.8 Å². The summed E-state index contributed by atoms with van der Waals surface area (Å²) >= 11 is 1.77. The molecule has 0 aliphatic carbocycles. The lowest BCUT2D eigenvalue weighted by atomic mass is 10.1. The molecule has 0 spiro atoms. The van der Waals surface area contributed by atoms with E-state index in [4.69, 9.17) is 0 Å². The van der Waals surface area contributed by atoms with Crippen molar-refractivity contribution in [2.45, 2.75) is 23.3 Å². The summed E-state index contributed by atoms with van der Waals surface area (Å²) in [6, 6.07) is 23.3. The van der Waals surface area contributed by atoms with Crippen molar-refractivity contribution in [3.05, 3.63) is 72.3 Å². The van der Waals surface area contributed by atoms with Gasteiger partial charge in [-0.15, -0.1) is 0 Å². The molecule has 0 aliphatic heterocycles. The smallest absolute Gasteiger partial charge is 0.211 e. The number of carbonyl (C=O) groups excluding carboxylic acids is 1. The Labute approximate surface area is 173 Å². The highest BCUT2D eigenvalue weighted by Gasteiger charge is 2.17. The molecule has 0 N–H and O–H groups in total. The number of nitrogens with zero attached hydrogens (tertiary/aromatic N) is 1. The summed E-state index contributed by atoms with van der Waals surface area (Å²) in [6.07, 6.45) is 4.24. The van der Waals surface area contributed by atoms with Crippen LogP contribution in [0, 0.1) is 0 Å². The highest BCUT2D eigenvalue weighted by atomic mass is 32.2. The molecule has 0 radical (unpaired) electrons. The van der Waals surface area contributed by atoms with E-state index in [1.807, 2.05) is 12.1 Å². The SMILES string of the molecule is CCn1c2ccc(Sc3ccccc3)cc2c2cc(C(=O)C[S+](C)C)ccc21. The summed E-state index contributed by atoms with van der Waals surface area (Å²) in [6.45, 7) is 3.08. The molecule has 0 atom stereocenters. The van der Waals surface area contributed by atoms with Crippen molar-refractivity contribution in [1.29, 1.82) is 0 Å². The fourth-order valence-corrected chi connectivity index (χ4v) is 5.20. The second-order valence-electron chi connectivity index (χ2n) is 7.12. The van der Waals surface area contributed by atoms with Crippen LogP contribution in [0.15, 0.2) is 76.5 Å². The van der Waals surface area contributed by atoms with Gasteiger partial charge in [0.15, 0.2) is 5.75 Å². The molecule has 4 rings (SSSR count). The number of rotatable bonds is 6. The predicted molar refractivity (Wildman–Crippen MR) is 124 cm³/mol. The molecule has 1 aromatic heterocycles. The molecule has 0 saturated heterocycles. The molecule has 2 nitrogen and oxygen atoms in total. The van der Waals surface area contributed by atoms with Gasteiger partial charge in [0.25, 0.3) is 0 Å². The fourth-order valence-electron chi connectivity index (χ4n) is 3.63. The summed E-state index contributed by atoms with van der Waals surface area (Å²) in [5.41, 5.74) is 3.25. The van der Waals surface area contributed by atoms with E-state index in [-0.39, 0.29) is 16.7 Å². The zero-order valence-corrected chi connectivity index (χ0v) is 18.1. The van der Waals surface area contributed by atoms with Crippen molar-refractivity contribution in [2.75, 3.05) is 18.3 Å². The molecular formula is C24H24NOS2+. The Balaban J connectivity index is 1.83. The normalized spacial score (nSPS) is 11.6. The number of ketones is 1. The maximum atomic E-state index is 12.6. The number of carbonyl (C=O) groups is 1. The number of fused-ring (bicyclic) bond motifs is 3. The molecule has 0 amide bonds. The summed E-state index contributed by atoms with van der Waals surface area (Å²) in [4.78, 5) is 15.1. The zero-order chi connectivity index (χ0) is 19.7. The van der Waals surface area contributed by atoms with E-state index in [0.29, 0.717) is 5.75 Å². The van der Waals surface area contributed by atoms with Crippen molar-refractivity contribution < 1.29 is 4.79 Å². The van der Waals surface area contributed by atoms with Crippen LogP contribution in [0.3, 0.4) is 0 Å². The van der Waals surface area contributed by atoms with Crippen molar-refractivity contribution in [1.82, 2.24) is 4.57 Å². The van der Waals surface area contributed by atoms with E-state index in [2.05, 4.69) is 78.6 Å². The molecule has 3 aromatic carbocycles. The van der Waals surface area contributed by atoms with Crippen LogP contribution in [0.4, 0.5) is 0 Å². The lowest BCUT2D eigenvalue weighted by Crippen LogP contribution is -2.13. The third kappa shape index (κ3) is 3.71. The molecule has 0 aliphatic rings. The molecule has 142 valence electrons. The fraction of sp³-hybridized carbons (Fsp3) is 0.208. The zero-order valence-electron chi connectivity index (χ0n) is 16.4. The van der Waals surface area contributed by atoms with Gasteiger partial charge in [-0.2, -0.15) is 0 Å². The van der Waals surface area contributed by atoms with Gasteiger partial charge in [-0.3, -0.25) is 4.79 Å². The molecule has 0 fully saturated rings. The van der Waals surface area contributed by atoms with Crippen molar-refractivity contribution in [3.8, 4) is 0 Å². The molecule has 0 bridgehead atoms. The Hall–Kier alpha value is -2.17. The van der Waals surface area contributed by atoms with E-state index in [0.717, 1.165) is 12.1 Å². The molecule has 28 heavy (non-hydrogen) atoms. The first-order valence-electron chi connectivity index (χ1n) is 9.43. The number of benzene rings is 3. The largest absolute Gasteiger partial charge is 0.341 e. The van der Waals surface area contributed by atoms with Gasteiger partial charge in [0, 0.05) is 43.7 Å². The predicted octanol–water partition coefficient (Wildman–Crippen LogP) is 6.03. The highest BCUT2D eigenvalue weighted by Crippen LogP contribution is 2.35. The van der Waals surface area contributed by atoms with E-state index >= 15 is 0 Å². The Bertz CT molecular complexity index is 1150. The van der Waals surface area contributed by atoms with Gasteiger partial charge in [0.1, 0.15) is 0 Å². The number of hydrogen-bond acceptors (Lipinski definition) is 2. The average molecular weight is 407 g/mol. The third-order valence-electron chi connectivity index (χ3n) is 4.87. The van der Waals surface area contributed by atoms with E-state index in [9.17, 15) is 4.79 Å². The summed E-state index contributed by atoms with van der Waals surface area (Å²) < 4.78 is 2.33. The molecule has 1 heterocycles. The van der Waals surface area contributed by atoms with Crippen LogP contribution in [0.2, 0.25) is 0 Å². The first-order valence-corrected chi connectivity index (χ1v) is 12.5. The highest BCUT2D eigenvalue weighted by molar-refractivity contribution is 7.99. The van der Waals surface area contributed by atoms with Gasteiger partial charge in [0.2, 0.25) is 5.78 Å². The van der Waals surface area contributed by atoms with Gasteiger partial charge in [0.05, 0.1) is 12.5 Å². The molecule has 0 saturated carbocycles. The van der Waals surface area contributed by atoms with Crippen LogP contribution in [0.1, 0.15) is 17.3 Å². The summed E-state index contributed by atoms with van der Waals surface area (Å²) in [5.74, 6) is 0.856. The van der Waals surface area contributed by atoms with Gasteiger partial charge in [-0.05, 0) is 66.3 Å². The molecular weight excluding hydrogens is 382 g/mol. The molecule has 4 aromatic rings. The van der Waals surface area contributed by atoms with Crippen LogP contribution in [0.5, 0.6) is 0 Å². The first kappa shape index (κ1) is 19.2. The van der Waals surface area contributed by atoms with Gasteiger partial charge in [-0.1, -0.05) is 30.0 Å². The molecule has 4 heteroatoms. The summed E-state index contributed by atoms with van der Waals surface area (Å²) in [7, 11) is 0.112. The lowest BCUT2D eigenvalue weighted by Gasteiger charge is -2.04. The van der Waals surface area contributed by atoms with Crippen LogP contribution < -0.4 is 0 Å². The third-order valence-corrected chi connectivity index (χ3v) is 6.71. The van der Waals surface area contributed by atoms with Gasteiger partial charge >= 0.3 is 0 Å². The van der Waals surface area contributed by atoms with Crippen LogP contribution in [-0.4, -0.2) is 28.6 Å². The van der Waals surface area contributed by atoms with Crippen LogP contribution >= 0.6 is 11.8 Å². The molecule has 0 unspecified atom stereocenters. The second-order valence-corrected chi connectivity index (χ2v) is 10.5. The minimum absolute atomic E-state index is 0.112. The van der Waals surface area contributed by atoms with E-state index in [1.165, 1.54) is 31.6 Å². The lowest BCUT2D eigenvalue weighted by molar-refractivity contribution is 0.102. The number of aromatic nitrogens is 1. The van der Waals surface area contributed by atoms with Crippen LogP contribution in [-0.2, 0) is 17.4 Å². The Morgan fingerprint density at radius 2 is 1.57 bits per heavy atom. The second kappa shape index (κ2) is 8.06. The van der Waals surface area contributed by atoms with E-state index in [1.54, 1.807) is 11.8 Å². The number of aryl methyl sites for hydroxylation is 1. The average Bonchev–Trinajstić information content (AvgIpc) is 3.00. The quantitative estimate of drug-likeness (QED) is 0.288. The Morgan fingerprint density at radius 1 is 0.893 bits per heavy atom. The van der Waals surface area contributed by atoms with Crippen molar-refractivity contribution in [3.63, 3.8) is 0 Å². The van der Waals surface area contributed by atoms with Crippen molar-refractivity contribution in [2.24, 2.45) is 0 Å². The maximum absolute atomic E-state index is 12.6. The van der Waals surface area contributed by atoms with E-state index < -0.39 is 0 Å². The van der Waals surface area contributed by atoms with Crippen molar-refractivity contribution >= 4 is 50.2 Å². The first-order chi connectivity index (χ1) is 13.6. The topological polar surface area (TPSA) is 22.0 Å². The monoisotopic (exact) mass is 406 g/mol. The summed E-state index contributed by atoms with van der Waals surface area (Å²) in [5, 5.41) is 2.39. The maximum Gasteiger partial charge on any atom is 0.211 e.